The summed E-state index contributed by atoms with van der Waals surface area (Å²) in [5, 5.41) is 10.0. The van der Waals surface area contributed by atoms with Crippen LogP contribution in [-0.4, -0.2) is 21.5 Å². The summed E-state index contributed by atoms with van der Waals surface area (Å²) in [6, 6.07) is 0. The molecule has 3 atom stereocenters. The van der Waals surface area contributed by atoms with Crippen molar-refractivity contribution in [2.45, 2.75) is 39.2 Å². The van der Waals surface area contributed by atoms with Crippen LogP contribution in [0.4, 0.5) is 0 Å². The molecule has 0 saturated heterocycles. The van der Waals surface area contributed by atoms with E-state index in [2.05, 4.69) is 13.8 Å². The monoisotopic (exact) mass is 202 g/mol. The van der Waals surface area contributed by atoms with Crippen LogP contribution >= 0.6 is 12.0 Å². The lowest BCUT2D eigenvalue weighted by atomic mass is 9.70. The van der Waals surface area contributed by atoms with Gasteiger partial charge in [-0.25, -0.2) is 0 Å². The molecule has 0 aromatic rings. The van der Waals surface area contributed by atoms with Gasteiger partial charge in [-0.3, -0.25) is 0 Å². The fourth-order valence-corrected chi connectivity index (χ4v) is 4.43. The van der Waals surface area contributed by atoms with Crippen LogP contribution in [0.2, 0.25) is 0 Å². The Hall–Kier alpha value is 0.270. The maximum Gasteiger partial charge on any atom is 0.0613 e. The zero-order chi connectivity index (χ0) is 9.69. The standard InChI is InChI=1S/C10H18O2S/c1-9(2)7-3-4-10(9,6-13-12)8(11)5-7/h7-8,11-12H,3-6H2,1-2H3. The van der Waals surface area contributed by atoms with Crippen molar-refractivity contribution in [2.75, 3.05) is 5.75 Å². The Morgan fingerprint density at radius 2 is 2.15 bits per heavy atom. The normalized spacial score (nSPS) is 47.1. The molecule has 0 amide bonds. The Morgan fingerprint density at radius 1 is 1.46 bits per heavy atom. The van der Waals surface area contributed by atoms with Gasteiger partial charge in [0.05, 0.1) is 6.10 Å². The lowest BCUT2D eigenvalue weighted by Crippen LogP contribution is -2.40. The highest BCUT2D eigenvalue weighted by molar-refractivity contribution is 7.93. The maximum absolute atomic E-state index is 10.0. The van der Waals surface area contributed by atoms with Gasteiger partial charge in [-0.05, 0) is 42.6 Å². The summed E-state index contributed by atoms with van der Waals surface area (Å²) in [5.41, 5.74) is 0.194. The molecule has 13 heavy (non-hydrogen) atoms. The second-order valence-electron chi connectivity index (χ2n) is 5.14. The van der Waals surface area contributed by atoms with E-state index >= 15 is 0 Å². The molecule has 2 N–H and O–H groups in total. The molecule has 2 nitrogen and oxygen atoms in total. The number of hydrogen-bond acceptors (Lipinski definition) is 3. The van der Waals surface area contributed by atoms with E-state index in [-0.39, 0.29) is 16.9 Å². The first-order chi connectivity index (χ1) is 6.04. The van der Waals surface area contributed by atoms with Gasteiger partial charge >= 0.3 is 0 Å². The van der Waals surface area contributed by atoms with Crippen molar-refractivity contribution in [3.05, 3.63) is 0 Å². The van der Waals surface area contributed by atoms with Crippen molar-refractivity contribution in [3.63, 3.8) is 0 Å². The van der Waals surface area contributed by atoms with Crippen LogP contribution in [0.25, 0.3) is 0 Å². The molecule has 0 aromatic heterocycles. The average Bonchev–Trinajstić information content (AvgIpc) is 2.38. The summed E-state index contributed by atoms with van der Waals surface area (Å²) < 4.78 is 9.00. The molecule has 2 bridgehead atoms. The zero-order valence-corrected chi connectivity index (χ0v) is 9.10. The number of hydrogen-bond donors (Lipinski definition) is 2. The molecule has 2 fully saturated rings. The summed E-state index contributed by atoms with van der Waals surface area (Å²) in [7, 11) is 0. The van der Waals surface area contributed by atoms with Crippen molar-refractivity contribution in [3.8, 4) is 0 Å². The van der Waals surface area contributed by atoms with Gasteiger partial charge in [-0.1, -0.05) is 13.8 Å². The predicted molar refractivity (Wildman–Crippen MR) is 54.6 cm³/mol. The summed E-state index contributed by atoms with van der Waals surface area (Å²) in [6.45, 7) is 4.49. The van der Waals surface area contributed by atoms with Crippen LogP contribution in [0, 0.1) is 16.7 Å². The van der Waals surface area contributed by atoms with Crippen LogP contribution in [0.3, 0.4) is 0 Å². The van der Waals surface area contributed by atoms with Gasteiger partial charge in [0, 0.05) is 11.2 Å². The minimum Gasteiger partial charge on any atom is -0.392 e. The number of aliphatic hydroxyl groups is 1. The molecule has 76 valence electrons. The Kier molecular flexibility index (Phi) is 2.17. The number of fused-ring (bicyclic) bond motifs is 2. The third kappa shape index (κ3) is 1.04. The van der Waals surface area contributed by atoms with Crippen LogP contribution in [0.1, 0.15) is 33.1 Å². The Bertz CT molecular complexity index is 217. The Labute approximate surface area is 83.9 Å². The first kappa shape index (κ1) is 9.81. The second kappa shape index (κ2) is 2.88. The molecule has 2 rings (SSSR count). The Balaban J connectivity index is 2.31. The van der Waals surface area contributed by atoms with Crippen LogP contribution in [0.5, 0.6) is 0 Å². The van der Waals surface area contributed by atoms with E-state index in [1.807, 2.05) is 0 Å². The van der Waals surface area contributed by atoms with Crippen molar-refractivity contribution in [1.82, 2.24) is 0 Å². The minimum absolute atomic E-state index is 0.0168. The van der Waals surface area contributed by atoms with Crippen molar-refractivity contribution >= 4 is 12.0 Å². The van der Waals surface area contributed by atoms with Crippen LogP contribution in [-0.2, 0) is 0 Å². The molecule has 0 spiro atoms. The van der Waals surface area contributed by atoms with Crippen molar-refractivity contribution < 1.29 is 9.66 Å². The summed E-state index contributed by atoms with van der Waals surface area (Å²) >= 11 is 0.895. The zero-order valence-electron chi connectivity index (χ0n) is 8.29. The maximum atomic E-state index is 10.0. The highest BCUT2D eigenvalue weighted by Crippen LogP contribution is 2.66. The highest BCUT2D eigenvalue weighted by Gasteiger charge is 2.63. The van der Waals surface area contributed by atoms with Gasteiger partial charge in [0.1, 0.15) is 0 Å². The third-order valence-corrected chi connectivity index (χ3v) is 5.35. The fourth-order valence-electron chi connectivity index (χ4n) is 3.49. The largest absolute Gasteiger partial charge is 0.392 e. The van der Waals surface area contributed by atoms with Gasteiger partial charge in [0.25, 0.3) is 0 Å². The molecule has 2 saturated carbocycles. The first-order valence-electron chi connectivity index (χ1n) is 4.99. The van der Waals surface area contributed by atoms with E-state index in [1.54, 1.807) is 0 Å². The summed E-state index contributed by atoms with van der Waals surface area (Å²) in [6.07, 6.45) is 3.05. The van der Waals surface area contributed by atoms with Gasteiger partial charge in [-0.15, -0.1) is 0 Å². The molecule has 0 radical (unpaired) electrons. The molecule has 2 aliphatic rings. The SMILES string of the molecule is CC1(C)C2CCC1(CSO)C(O)C2. The first-order valence-corrected chi connectivity index (χ1v) is 5.93. The number of aliphatic hydroxyl groups excluding tert-OH is 1. The molecule has 3 heteroatoms. The fraction of sp³-hybridized carbons (Fsp3) is 1.00. The quantitative estimate of drug-likeness (QED) is 0.675. The summed E-state index contributed by atoms with van der Waals surface area (Å²) in [5.74, 6) is 1.35. The topological polar surface area (TPSA) is 40.5 Å². The van der Waals surface area contributed by atoms with E-state index in [0.717, 1.165) is 24.9 Å². The minimum atomic E-state index is -0.194. The lowest BCUT2D eigenvalue weighted by molar-refractivity contribution is 0.0161. The van der Waals surface area contributed by atoms with E-state index in [0.29, 0.717) is 11.7 Å². The lowest BCUT2D eigenvalue weighted by Gasteiger charge is -2.39. The van der Waals surface area contributed by atoms with E-state index < -0.39 is 0 Å². The number of rotatable bonds is 2. The van der Waals surface area contributed by atoms with Crippen LogP contribution in [0.15, 0.2) is 0 Å². The van der Waals surface area contributed by atoms with Gasteiger partial charge < -0.3 is 9.66 Å². The molecule has 3 unspecified atom stereocenters. The summed E-state index contributed by atoms with van der Waals surface area (Å²) in [4.78, 5) is 0. The van der Waals surface area contributed by atoms with E-state index in [4.69, 9.17) is 4.55 Å². The van der Waals surface area contributed by atoms with Crippen molar-refractivity contribution in [1.29, 1.82) is 0 Å². The highest BCUT2D eigenvalue weighted by atomic mass is 32.2. The Morgan fingerprint density at radius 3 is 2.54 bits per heavy atom. The van der Waals surface area contributed by atoms with E-state index in [9.17, 15) is 5.11 Å². The average molecular weight is 202 g/mol. The van der Waals surface area contributed by atoms with Crippen molar-refractivity contribution in [2.24, 2.45) is 16.7 Å². The van der Waals surface area contributed by atoms with Gasteiger partial charge in [-0.2, -0.15) is 0 Å². The molecular formula is C10H18O2S. The predicted octanol–water partition coefficient (Wildman–Crippen LogP) is 2.38. The molecule has 0 aliphatic heterocycles. The molecular weight excluding hydrogens is 184 g/mol. The second-order valence-corrected chi connectivity index (χ2v) is 5.69. The molecule has 0 aromatic carbocycles. The molecule has 2 aliphatic carbocycles. The third-order valence-electron chi connectivity index (χ3n) is 4.71. The smallest absolute Gasteiger partial charge is 0.0613 e. The van der Waals surface area contributed by atoms with Gasteiger partial charge in [0.2, 0.25) is 0 Å². The van der Waals surface area contributed by atoms with E-state index in [1.165, 1.54) is 6.42 Å². The van der Waals surface area contributed by atoms with Gasteiger partial charge in [0.15, 0.2) is 0 Å². The van der Waals surface area contributed by atoms with Crippen LogP contribution < -0.4 is 0 Å². The molecule has 0 heterocycles.